The summed E-state index contributed by atoms with van der Waals surface area (Å²) in [4.78, 5) is 0. The Morgan fingerprint density at radius 3 is 2.10 bits per heavy atom. The van der Waals surface area contributed by atoms with E-state index in [1.165, 1.54) is 0 Å². The Morgan fingerprint density at radius 1 is 1.30 bits per heavy atom. The largest absolute Gasteiger partial charge is 0.396 e. The van der Waals surface area contributed by atoms with Crippen LogP contribution >= 0.6 is 0 Å². The highest BCUT2D eigenvalue weighted by Crippen LogP contribution is 2.05. The molecule has 0 aliphatic rings. The van der Waals surface area contributed by atoms with Crippen LogP contribution in [0.15, 0.2) is 0 Å². The number of rotatable bonds is 4. The van der Waals surface area contributed by atoms with E-state index in [0.717, 1.165) is 0 Å². The van der Waals surface area contributed by atoms with Gasteiger partial charge in [0.1, 0.15) is 0 Å². The molecule has 0 aliphatic carbocycles. The Balaban J connectivity index is 3.52. The van der Waals surface area contributed by atoms with Crippen molar-refractivity contribution in [2.45, 2.75) is 19.1 Å². The minimum atomic E-state index is -0.354. The highest BCUT2D eigenvalue weighted by atomic mass is 16.3. The van der Waals surface area contributed by atoms with Crippen molar-refractivity contribution in [3.8, 4) is 0 Å². The van der Waals surface area contributed by atoms with Crippen LogP contribution in [-0.4, -0.2) is 48.7 Å². The molecule has 0 saturated heterocycles. The summed E-state index contributed by atoms with van der Waals surface area (Å²) in [7, 11) is 5.80. The first kappa shape index (κ1) is 9.88. The van der Waals surface area contributed by atoms with Crippen LogP contribution in [0.3, 0.4) is 0 Å². The van der Waals surface area contributed by atoms with E-state index in [1.807, 2.05) is 21.1 Å². The average molecular weight is 148 g/mol. The zero-order chi connectivity index (χ0) is 8.20. The average Bonchev–Trinajstić information content (AvgIpc) is 1.80. The molecule has 0 saturated carbocycles. The van der Waals surface area contributed by atoms with Gasteiger partial charge in [-0.3, -0.25) is 0 Å². The molecule has 0 aromatic rings. The highest BCUT2D eigenvalue weighted by molar-refractivity contribution is 4.41. The summed E-state index contributed by atoms with van der Waals surface area (Å²) in [6.07, 6.45) is 0.989. The molecule has 0 bridgehead atoms. The van der Waals surface area contributed by atoms with E-state index in [2.05, 4.69) is 0 Å². The second-order valence-corrected chi connectivity index (χ2v) is 3.46. The van der Waals surface area contributed by atoms with Crippen molar-refractivity contribution in [3.05, 3.63) is 0 Å². The first-order valence-corrected chi connectivity index (χ1v) is 3.58. The fourth-order valence-electron chi connectivity index (χ4n) is 0.661. The summed E-state index contributed by atoms with van der Waals surface area (Å²) in [6.45, 7) is 0.164. The van der Waals surface area contributed by atoms with E-state index < -0.39 is 0 Å². The molecule has 0 aromatic carbocycles. The Labute approximate surface area is 62.5 Å². The lowest BCUT2D eigenvalue weighted by molar-refractivity contribution is -0.919. The lowest BCUT2D eigenvalue weighted by Crippen LogP contribution is -2.44. The first-order chi connectivity index (χ1) is 4.48. The predicted octanol–water partition coefficient (Wildman–Crippen LogP) is -0.217. The summed E-state index contributed by atoms with van der Waals surface area (Å²) >= 11 is 0. The molecule has 0 fully saturated rings. The van der Waals surface area contributed by atoms with Gasteiger partial charge in [-0.25, -0.2) is 0 Å². The maximum absolute atomic E-state index is 9.38. The lowest BCUT2D eigenvalue weighted by atomic mass is 10.2. The zero-order valence-electron chi connectivity index (χ0n) is 7.04. The molecule has 3 heteroatoms. The van der Waals surface area contributed by atoms with Gasteiger partial charge in [0.2, 0.25) is 0 Å². The Kier molecular flexibility index (Phi) is 3.86. The summed E-state index contributed by atoms with van der Waals surface area (Å²) < 4.78 is 0.542. The lowest BCUT2D eigenvalue weighted by Gasteiger charge is -2.29. The van der Waals surface area contributed by atoms with E-state index in [9.17, 15) is 5.11 Å². The molecular formula is C7H18NO2+. The third-order valence-electron chi connectivity index (χ3n) is 1.51. The summed E-state index contributed by atoms with van der Waals surface area (Å²) in [6, 6.07) is 0. The second kappa shape index (κ2) is 3.91. The number of hydrogen-bond donors (Lipinski definition) is 2. The zero-order valence-corrected chi connectivity index (χ0v) is 7.04. The minimum absolute atomic E-state index is 0.164. The van der Waals surface area contributed by atoms with Crippen LogP contribution in [-0.2, 0) is 0 Å². The maximum atomic E-state index is 9.38. The van der Waals surface area contributed by atoms with Gasteiger partial charge in [-0.1, -0.05) is 0 Å². The van der Waals surface area contributed by atoms with Crippen LogP contribution in [0.25, 0.3) is 0 Å². The Morgan fingerprint density at radius 2 is 1.80 bits per heavy atom. The fraction of sp³-hybridized carbons (Fsp3) is 1.00. The molecule has 0 heterocycles. The van der Waals surface area contributed by atoms with Crippen LogP contribution in [0.1, 0.15) is 12.8 Å². The van der Waals surface area contributed by atoms with Crippen LogP contribution in [0.5, 0.6) is 0 Å². The van der Waals surface area contributed by atoms with Gasteiger partial charge in [0.05, 0.1) is 21.1 Å². The molecule has 10 heavy (non-hydrogen) atoms. The number of aliphatic hydroxyl groups excluding tert-OH is 2. The smallest absolute Gasteiger partial charge is 0.189 e. The van der Waals surface area contributed by atoms with Gasteiger partial charge in [0.15, 0.2) is 6.23 Å². The molecule has 1 atom stereocenters. The van der Waals surface area contributed by atoms with Crippen LogP contribution in [0.4, 0.5) is 0 Å². The highest BCUT2D eigenvalue weighted by Gasteiger charge is 2.18. The molecule has 62 valence electrons. The number of nitrogens with zero attached hydrogens (tertiary/aromatic N) is 1. The topological polar surface area (TPSA) is 40.5 Å². The molecule has 1 unspecified atom stereocenters. The first-order valence-electron chi connectivity index (χ1n) is 3.58. The molecule has 0 aromatic heterocycles. The summed E-state index contributed by atoms with van der Waals surface area (Å²) in [5, 5.41) is 17.8. The van der Waals surface area contributed by atoms with Crippen molar-refractivity contribution >= 4 is 0 Å². The molecule has 3 nitrogen and oxygen atoms in total. The Hall–Kier alpha value is -0.120. The summed E-state index contributed by atoms with van der Waals surface area (Å²) in [5.74, 6) is 0. The SMILES string of the molecule is C[N+](C)(C)C(O)CCCO. The third kappa shape index (κ3) is 3.82. The van der Waals surface area contributed by atoms with Gasteiger partial charge in [-0.05, 0) is 6.42 Å². The van der Waals surface area contributed by atoms with Crippen LogP contribution in [0.2, 0.25) is 0 Å². The van der Waals surface area contributed by atoms with Gasteiger partial charge in [-0.15, -0.1) is 0 Å². The van der Waals surface area contributed by atoms with Crippen LogP contribution in [0, 0.1) is 0 Å². The quantitative estimate of drug-likeness (QED) is 0.427. The van der Waals surface area contributed by atoms with Crippen molar-refractivity contribution in [2.24, 2.45) is 0 Å². The number of quaternary nitrogens is 1. The minimum Gasteiger partial charge on any atom is -0.396 e. The van der Waals surface area contributed by atoms with E-state index in [0.29, 0.717) is 17.3 Å². The normalized spacial score (nSPS) is 15.3. The third-order valence-corrected chi connectivity index (χ3v) is 1.51. The van der Waals surface area contributed by atoms with Crippen molar-refractivity contribution in [1.29, 1.82) is 0 Å². The summed E-state index contributed by atoms with van der Waals surface area (Å²) in [5.41, 5.74) is 0. The van der Waals surface area contributed by atoms with E-state index in [4.69, 9.17) is 5.11 Å². The molecule has 0 rings (SSSR count). The molecule has 0 radical (unpaired) electrons. The monoisotopic (exact) mass is 148 g/mol. The second-order valence-electron chi connectivity index (χ2n) is 3.46. The van der Waals surface area contributed by atoms with Gasteiger partial charge < -0.3 is 14.7 Å². The van der Waals surface area contributed by atoms with E-state index in [-0.39, 0.29) is 12.8 Å². The number of hydrogen-bond acceptors (Lipinski definition) is 2. The molecule has 0 aliphatic heterocycles. The van der Waals surface area contributed by atoms with Gasteiger partial charge in [-0.2, -0.15) is 0 Å². The fourth-order valence-corrected chi connectivity index (χ4v) is 0.661. The molecule has 2 N–H and O–H groups in total. The predicted molar refractivity (Wildman–Crippen MR) is 40.4 cm³/mol. The molecule has 0 amide bonds. The van der Waals surface area contributed by atoms with Gasteiger partial charge >= 0.3 is 0 Å². The van der Waals surface area contributed by atoms with Crippen LogP contribution < -0.4 is 0 Å². The van der Waals surface area contributed by atoms with Crippen molar-refractivity contribution in [3.63, 3.8) is 0 Å². The van der Waals surface area contributed by atoms with E-state index >= 15 is 0 Å². The standard InChI is InChI=1S/C7H18NO2/c1-8(2,3)7(10)5-4-6-9/h7,9-10H,4-6H2,1-3H3/q+1. The van der Waals surface area contributed by atoms with Gasteiger partial charge in [0, 0.05) is 13.0 Å². The Bertz CT molecular complexity index is 88.1. The number of aliphatic hydroxyl groups is 2. The molecular weight excluding hydrogens is 130 g/mol. The maximum Gasteiger partial charge on any atom is 0.189 e. The van der Waals surface area contributed by atoms with Crippen molar-refractivity contribution in [2.75, 3.05) is 27.7 Å². The van der Waals surface area contributed by atoms with Gasteiger partial charge in [0.25, 0.3) is 0 Å². The van der Waals surface area contributed by atoms with Crippen molar-refractivity contribution in [1.82, 2.24) is 0 Å². The van der Waals surface area contributed by atoms with E-state index in [1.54, 1.807) is 0 Å². The molecule has 0 spiro atoms. The van der Waals surface area contributed by atoms with Crippen molar-refractivity contribution < 1.29 is 14.7 Å².